The van der Waals surface area contributed by atoms with E-state index in [0.717, 1.165) is 0 Å². The maximum Gasteiger partial charge on any atom is 0.325 e. The Morgan fingerprint density at radius 2 is 2.00 bits per heavy atom. The van der Waals surface area contributed by atoms with Gasteiger partial charge in [0.2, 0.25) is 0 Å². The largest absolute Gasteiger partial charge is 0.421 e. The van der Waals surface area contributed by atoms with Gasteiger partial charge in [-0.1, -0.05) is 12.1 Å². The minimum Gasteiger partial charge on any atom is -0.421 e. The summed E-state index contributed by atoms with van der Waals surface area (Å²) in [7, 11) is 0. The Morgan fingerprint density at radius 3 is 2.69 bits per heavy atom. The van der Waals surface area contributed by atoms with Gasteiger partial charge in [-0.2, -0.15) is 9.97 Å². The highest BCUT2D eigenvalue weighted by atomic mass is 79.9. The molecule has 0 aliphatic heterocycles. The average Bonchev–Trinajstić information content (AvgIpc) is 2.20. The number of hydrogen-bond donors (Lipinski definition) is 1. The lowest BCUT2D eigenvalue weighted by Crippen LogP contribution is -1.97. The second-order valence-corrected chi connectivity index (χ2v) is 3.74. The normalized spacial score (nSPS) is 10.1. The predicted octanol–water partition coefficient (Wildman–Crippen LogP) is 2.75. The van der Waals surface area contributed by atoms with Crippen LogP contribution in [-0.2, 0) is 0 Å². The fraction of sp³-hybridized carbons (Fsp3) is 0. The number of nitrogens with zero attached hydrogens (tertiary/aromatic N) is 2. The van der Waals surface area contributed by atoms with E-state index in [1.54, 1.807) is 12.1 Å². The quantitative estimate of drug-likeness (QED) is 0.861. The molecule has 0 radical (unpaired) electrons. The molecule has 0 aliphatic carbocycles. The number of para-hydroxylation sites is 1. The van der Waals surface area contributed by atoms with E-state index in [1.807, 2.05) is 0 Å². The summed E-state index contributed by atoms with van der Waals surface area (Å²) in [4.78, 5) is 7.73. The average molecular weight is 284 g/mol. The first-order chi connectivity index (χ1) is 7.65. The number of nitrogen functional groups attached to an aromatic ring is 1. The van der Waals surface area contributed by atoms with Crippen LogP contribution in [0.5, 0.6) is 11.8 Å². The first-order valence-corrected chi connectivity index (χ1v) is 5.17. The smallest absolute Gasteiger partial charge is 0.325 e. The molecule has 0 unspecified atom stereocenters. The van der Waals surface area contributed by atoms with Crippen molar-refractivity contribution >= 4 is 21.7 Å². The molecule has 0 bridgehead atoms. The first kappa shape index (κ1) is 10.8. The maximum absolute atomic E-state index is 13.3. The van der Waals surface area contributed by atoms with Crippen molar-refractivity contribution in [1.29, 1.82) is 0 Å². The summed E-state index contributed by atoms with van der Waals surface area (Å²) in [5.41, 5.74) is 5.50. The standard InChI is InChI=1S/C10H7BrFN3O/c11-8-5-9(13)15-10(14-8)16-7-4-2-1-3-6(7)12/h1-5H,(H2,13,14,15). The van der Waals surface area contributed by atoms with E-state index in [-0.39, 0.29) is 17.6 Å². The number of nitrogens with two attached hydrogens (primary N) is 1. The monoisotopic (exact) mass is 283 g/mol. The molecule has 0 atom stereocenters. The minimum atomic E-state index is -0.482. The number of benzene rings is 1. The molecule has 0 saturated heterocycles. The molecule has 0 amide bonds. The van der Waals surface area contributed by atoms with Crippen LogP contribution in [0.1, 0.15) is 0 Å². The summed E-state index contributed by atoms with van der Waals surface area (Å²) in [6, 6.07) is 7.51. The van der Waals surface area contributed by atoms with Crippen molar-refractivity contribution in [2.45, 2.75) is 0 Å². The fourth-order valence-electron chi connectivity index (χ4n) is 1.08. The van der Waals surface area contributed by atoms with Crippen molar-refractivity contribution in [3.8, 4) is 11.8 Å². The van der Waals surface area contributed by atoms with Crippen molar-refractivity contribution < 1.29 is 9.13 Å². The fourth-order valence-corrected chi connectivity index (χ4v) is 1.47. The molecular formula is C10H7BrFN3O. The van der Waals surface area contributed by atoms with Crippen LogP contribution in [-0.4, -0.2) is 9.97 Å². The molecule has 0 fully saturated rings. The SMILES string of the molecule is Nc1cc(Br)nc(Oc2ccccc2F)n1. The molecule has 4 nitrogen and oxygen atoms in total. The van der Waals surface area contributed by atoms with E-state index in [9.17, 15) is 4.39 Å². The van der Waals surface area contributed by atoms with Crippen LogP contribution in [0.2, 0.25) is 0 Å². The van der Waals surface area contributed by atoms with E-state index >= 15 is 0 Å². The Bertz CT molecular complexity index is 501. The van der Waals surface area contributed by atoms with Gasteiger partial charge < -0.3 is 10.5 Å². The maximum atomic E-state index is 13.3. The molecule has 2 rings (SSSR count). The third-order valence-corrected chi connectivity index (χ3v) is 2.14. The second-order valence-electron chi connectivity index (χ2n) is 2.93. The zero-order valence-corrected chi connectivity index (χ0v) is 9.61. The Labute approximate surface area is 99.4 Å². The number of anilines is 1. The van der Waals surface area contributed by atoms with Crippen LogP contribution in [0.25, 0.3) is 0 Å². The number of hydrogen-bond acceptors (Lipinski definition) is 4. The molecule has 0 saturated carbocycles. The van der Waals surface area contributed by atoms with Gasteiger partial charge in [-0.15, -0.1) is 0 Å². The lowest BCUT2D eigenvalue weighted by molar-refractivity contribution is 0.411. The van der Waals surface area contributed by atoms with Crippen molar-refractivity contribution in [3.63, 3.8) is 0 Å². The molecule has 1 aromatic carbocycles. The van der Waals surface area contributed by atoms with Crippen LogP contribution in [0.15, 0.2) is 34.9 Å². The lowest BCUT2D eigenvalue weighted by Gasteiger charge is -2.05. The Hall–Kier alpha value is -1.69. The summed E-state index contributed by atoms with van der Waals surface area (Å²) in [5, 5.41) is 0. The molecule has 2 N–H and O–H groups in total. The third kappa shape index (κ3) is 2.46. The van der Waals surface area contributed by atoms with Gasteiger partial charge in [0.15, 0.2) is 11.6 Å². The summed E-state index contributed by atoms with van der Waals surface area (Å²) in [6.07, 6.45) is 0. The van der Waals surface area contributed by atoms with Crippen LogP contribution in [0.4, 0.5) is 10.2 Å². The second kappa shape index (κ2) is 4.44. The van der Waals surface area contributed by atoms with Gasteiger partial charge in [0.05, 0.1) is 0 Å². The van der Waals surface area contributed by atoms with Crippen molar-refractivity contribution in [2.24, 2.45) is 0 Å². The lowest BCUT2D eigenvalue weighted by atomic mass is 10.3. The molecule has 6 heteroatoms. The molecule has 1 aromatic heterocycles. The molecule has 0 aliphatic rings. The van der Waals surface area contributed by atoms with Gasteiger partial charge in [0.1, 0.15) is 10.4 Å². The molecule has 2 aromatic rings. The van der Waals surface area contributed by atoms with Gasteiger partial charge in [-0.05, 0) is 28.1 Å². The van der Waals surface area contributed by atoms with Crippen molar-refractivity contribution in [2.75, 3.05) is 5.73 Å². The first-order valence-electron chi connectivity index (χ1n) is 4.37. The van der Waals surface area contributed by atoms with Crippen LogP contribution < -0.4 is 10.5 Å². The number of halogens is 2. The van der Waals surface area contributed by atoms with Crippen LogP contribution in [0, 0.1) is 5.82 Å². The molecule has 82 valence electrons. The van der Waals surface area contributed by atoms with Gasteiger partial charge in [-0.25, -0.2) is 4.39 Å². The molecule has 0 spiro atoms. The Kier molecular flexibility index (Phi) is 3.00. The zero-order chi connectivity index (χ0) is 11.5. The van der Waals surface area contributed by atoms with E-state index in [1.165, 1.54) is 18.2 Å². The van der Waals surface area contributed by atoms with Crippen molar-refractivity contribution in [3.05, 3.63) is 40.8 Å². The number of aromatic nitrogens is 2. The van der Waals surface area contributed by atoms with E-state index in [4.69, 9.17) is 10.5 Å². The van der Waals surface area contributed by atoms with Gasteiger partial charge >= 0.3 is 6.01 Å². The number of ether oxygens (including phenoxy) is 1. The Balaban J connectivity index is 2.30. The highest BCUT2D eigenvalue weighted by molar-refractivity contribution is 9.10. The Morgan fingerprint density at radius 1 is 1.25 bits per heavy atom. The minimum absolute atomic E-state index is 0.00280. The summed E-state index contributed by atoms with van der Waals surface area (Å²) in [6.45, 7) is 0. The van der Waals surface area contributed by atoms with Gasteiger partial charge in [-0.3, -0.25) is 0 Å². The zero-order valence-electron chi connectivity index (χ0n) is 8.02. The van der Waals surface area contributed by atoms with E-state index in [0.29, 0.717) is 4.60 Å². The summed E-state index contributed by atoms with van der Waals surface area (Å²) >= 11 is 3.14. The highest BCUT2D eigenvalue weighted by Gasteiger charge is 2.07. The van der Waals surface area contributed by atoms with E-state index < -0.39 is 5.82 Å². The summed E-state index contributed by atoms with van der Waals surface area (Å²) < 4.78 is 18.9. The van der Waals surface area contributed by atoms with Crippen LogP contribution >= 0.6 is 15.9 Å². The molecule has 16 heavy (non-hydrogen) atoms. The number of rotatable bonds is 2. The van der Waals surface area contributed by atoms with Gasteiger partial charge in [0.25, 0.3) is 0 Å². The molecule has 1 heterocycles. The predicted molar refractivity (Wildman–Crippen MR) is 60.6 cm³/mol. The molecular weight excluding hydrogens is 277 g/mol. The highest BCUT2D eigenvalue weighted by Crippen LogP contribution is 2.23. The topological polar surface area (TPSA) is 61.0 Å². The van der Waals surface area contributed by atoms with Crippen LogP contribution in [0.3, 0.4) is 0 Å². The third-order valence-electron chi connectivity index (χ3n) is 1.73. The van der Waals surface area contributed by atoms with Crippen molar-refractivity contribution in [1.82, 2.24) is 9.97 Å². The van der Waals surface area contributed by atoms with E-state index in [2.05, 4.69) is 25.9 Å². The summed E-state index contributed by atoms with van der Waals surface area (Å²) in [5.74, 6) is -0.183. The van der Waals surface area contributed by atoms with Gasteiger partial charge in [0, 0.05) is 6.07 Å².